The summed E-state index contributed by atoms with van der Waals surface area (Å²) in [6, 6.07) is 4.13. The highest BCUT2D eigenvalue weighted by Crippen LogP contribution is 2.27. The van der Waals surface area contributed by atoms with E-state index < -0.39 is 12.0 Å². The molecular formula is C13H18Cl2N2O4. The number of benzene rings is 1. The number of ether oxygens (including phenoxy) is 1. The summed E-state index contributed by atoms with van der Waals surface area (Å²) in [6.07, 6.45) is 0. The van der Waals surface area contributed by atoms with Crippen LogP contribution in [0.4, 0.5) is 5.69 Å². The highest BCUT2D eigenvalue weighted by molar-refractivity contribution is 6.32. The molecular weight excluding hydrogens is 319 g/mol. The SMILES string of the molecule is COc1ccc(NC(=O)CN(C)C(C)C(=O)O)cc1Cl.Cl. The first-order valence-corrected chi connectivity index (χ1v) is 6.29. The molecule has 2 N–H and O–H groups in total. The number of aliphatic carboxylic acids is 1. The van der Waals surface area contributed by atoms with Crippen molar-refractivity contribution in [2.75, 3.05) is 26.0 Å². The molecule has 0 bridgehead atoms. The van der Waals surface area contributed by atoms with E-state index in [2.05, 4.69) is 5.32 Å². The zero-order chi connectivity index (χ0) is 15.3. The maximum Gasteiger partial charge on any atom is 0.320 e. The van der Waals surface area contributed by atoms with Gasteiger partial charge < -0.3 is 15.2 Å². The van der Waals surface area contributed by atoms with Gasteiger partial charge in [-0.3, -0.25) is 14.5 Å². The van der Waals surface area contributed by atoms with Crippen LogP contribution in [0.15, 0.2) is 18.2 Å². The van der Waals surface area contributed by atoms with Crippen LogP contribution in [0.3, 0.4) is 0 Å². The van der Waals surface area contributed by atoms with Gasteiger partial charge in [-0.05, 0) is 32.2 Å². The quantitative estimate of drug-likeness (QED) is 0.831. The first-order chi connectivity index (χ1) is 9.35. The molecule has 118 valence electrons. The molecule has 0 aromatic heterocycles. The summed E-state index contributed by atoms with van der Waals surface area (Å²) in [4.78, 5) is 24.0. The van der Waals surface area contributed by atoms with Crippen molar-refractivity contribution in [2.24, 2.45) is 0 Å². The minimum absolute atomic E-state index is 0. The Hall–Kier alpha value is -1.50. The van der Waals surface area contributed by atoms with Gasteiger partial charge in [-0.15, -0.1) is 12.4 Å². The summed E-state index contributed by atoms with van der Waals surface area (Å²) >= 11 is 5.95. The summed E-state index contributed by atoms with van der Waals surface area (Å²) < 4.78 is 5.01. The number of anilines is 1. The Morgan fingerprint density at radius 2 is 2.10 bits per heavy atom. The first kappa shape index (κ1) is 19.5. The van der Waals surface area contributed by atoms with E-state index in [1.54, 1.807) is 25.2 Å². The van der Waals surface area contributed by atoms with Crippen LogP contribution in [0.2, 0.25) is 5.02 Å². The minimum atomic E-state index is -0.979. The van der Waals surface area contributed by atoms with Crippen molar-refractivity contribution in [3.05, 3.63) is 23.2 Å². The van der Waals surface area contributed by atoms with Crippen LogP contribution >= 0.6 is 24.0 Å². The van der Waals surface area contributed by atoms with Crippen molar-refractivity contribution in [3.8, 4) is 5.75 Å². The van der Waals surface area contributed by atoms with Gasteiger partial charge in [-0.2, -0.15) is 0 Å². The fourth-order valence-electron chi connectivity index (χ4n) is 1.50. The Kier molecular flexibility index (Phi) is 8.09. The maximum absolute atomic E-state index is 11.8. The van der Waals surface area contributed by atoms with Gasteiger partial charge in [0.2, 0.25) is 5.91 Å². The van der Waals surface area contributed by atoms with Gasteiger partial charge in [0, 0.05) is 5.69 Å². The number of carboxylic acids is 1. The Bertz CT molecular complexity index is 511. The number of carboxylic acid groups (broad SMARTS) is 1. The second-order valence-corrected chi connectivity index (χ2v) is 4.73. The highest BCUT2D eigenvalue weighted by atomic mass is 35.5. The summed E-state index contributed by atoms with van der Waals surface area (Å²) in [7, 11) is 3.07. The third-order valence-corrected chi connectivity index (χ3v) is 3.14. The first-order valence-electron chi connectivity index (χ1n) is 5.91. The molecule has 0 aliphatic carbocycles. The predicted octanol–water partition coefficient (Wildman–Crippen LogP) is 2.11. The van der Waals surface area contributed by atoms with E-state index in [1.165, 1.54) is 18.9 Å². The van der Waals surface area contributed by atoms with Crippen LogP contribution in [0.25, 0.3) is 0 Å². The van der Waals surface area contributed by atoms with E-state index in [4.69, 9.17) is 21.4 Å². The molecule has 6 nitrogen and oxygen atoms in total. The molecule has 0 saturated heterocycles. The summed E-state index contributed by atoms with van der Waals surface area (Å²) in [5, 5.41) is 11.9. The smallest absolute Gasteiger partial charge is 0.320 e. The molecule has 0 heterocycles. The lowest BCUT2D eigenvalue weighted by atomic mass is 10.3. The molecule has 0 radical (unpaired) electrons. The molecule has 0 spiro atoms. The lowest BCUT2D eigenvalue weighted by molar-refractivity contribution is -0.142. The van der Waals surface area contributed by atoms with Crippen molar-refractivity contribution in [3.63, 3.8) is 0 Å². The lowest BCUT2D eigenvalue weighted by Gasteiger charge is -2.20. The number of likely N-dealkylation sites (N-methyl/N-ethyl adjacent to an activating group) is 1. The summed E-state index contributed by atoms with van der Waals surface area (Å²) in [5.41, 5.74) is 0.525. The number of amides is 1. The van der Waals surface area contributed by atoms with Crippen LogP contribution in [0.5, 0.6) is 5.75 Å². The number of nitrogens with one attached hydrogen (secondary N) is 1. The third kappa shape index (κ3) is 5.79. The summed E-state index contributed by atoms with van der Waals surface area (Å²) in [5.74, 6) is -0.782. The average molecular weight is 337 g/mol. The van der Waals surface area contributed by atoms with Gasteiger partial charge >= 0.3 is 5.97 Å². The summed E-state index contributed by atoms with van der Waals surface area (Å²) in [6.45, 7) is 1.48. The molecule has 0 fully saturated rings. The van der Waals surface area contributed by atoms with E-state index >= 15 is 0 Å². The molecule has 1 aromatic rings. The number of carbonyl (C=O) groups excluding carboxylic acids is 1. The molecule has 1 unspecified atom stereocenters. The second kappa shape index (κ2) is 8.71. The van der Waals surface area contributed by atoms with E-state index in [9.17, 15) is 9.59 Å². The Labute approximate surface area is 134 Å². The average Bonchev–Trinajstić information content (AvgIpc) is 2.37. The molecule has 1 aromatic carbocycles. The normalized spacial score (nSPS) is 11.5. The Morgan fingerprint density at radius 3 is 2.57 bits per heavy atom. The number of rotatable bonds is 6. The number of hydrogen-bond donors (Lipinski definition) is 2. The fourth-order valence-corrected chi connectivity index (χ4v) is 1.75. The van der Waals surface area contributed by atoms with Crippen LogP contribution < -0.4 is 10.1 Å². The zero-order valence-corrected chi connectivity index (χ0v) is 13.5. The van der Waals surface area contributed by atoms with Crippen molar-refractivity contribution in [2.45, 2.75) is 13.0 Å². The predicted molar refractivity (Wildman–Crippen MR) is 83.6 cm³/mol. The monoisotopic (exact) mass is 336 g/mol. The van der Waals surface area contributed by atoms with E-state index in [-0.39, 0.29) is 24.9 Å². The molecule has 0 aliphatic heterocycles. The van der Waals surface area contributed by atoms with Crippen molar-refractivity contribution < 1.29 is 19.4 Å². The van der Waals surface area contributed by atoms with Crippen molar-refractivity contribution in [1.29, 1.82) is 0 Å². The van der Waals surface area contributed by atoms with Gasteiger partial charge in [-0.25, -0.2) is 0 Å². The van der Waals surface area contributed by atoms with Gasteiger partial charge in [0.05, 0.1) is 18.7 Å². The van der Waals surface area contributed by atoms with Gasteiger partial charge in [0.25, 0.3) is 0 Å². The van der Waals surface area contributed by atoms with Gasteiger partial charge in [0.15, 0.2) is 0 Å². The molecule has 1 amide bonds. The van der Waals surface area contributed by atoms with Crippen LogP contribution in [-0.2, 0) is 9.59 Å². The minimum Gasteiger partial charge on any atom is -0.495 e. The van der Waals surface area contributed by atoms with Crippen LogP contribution in [0, 0.1) is 0 Å². The topological polar surface area (TPSA) is 78.9 Å². The van der Waals surface area contributed by atoms with Gasteiger partial charge in [0.1, 0.15) is 11.8 Å². The van der Waals surface area contributed by atoms with Crippen LogP contribution in [-0.4, -0.2) is 48.6 Å². The number of hydrogen-bond acceptors (Lipinski definition) is 4. The maximum atomic E-state index is 11.8. The van der Waals surface area contributed by atoms with E-state index in [0.29, 0.717) is 16.5 Å². The van der Waals surface area contributed by atoms with Crippen molar-refractivity contribution >= 4 is 41.6 Å². The molecule has 21 heavy (non-hydrogen) atoms. The molecule has 0 saturated carbocycles. The molecule has 8 heteroatoms. The molecule has 1 atom stereocenters. The highest BCUT2D eigenvalue weighted by Gasteiger charge is 2.19. The molecule has 0 aliphatic rings. The second-order valence-electron chi connectivity index (χ2n) is 4.33. The van der Waals surface area contributed by atoms with E-state index in [1.807, 2.05) is 0 Å². The number of carbonyl (C=O) groups is 2. The van der Waals surface area contributed by atoms with Crippen LogP contribution in [0.1, 0.15) is 6.92 Å². The number of nitrogens with zero attached hydrogens (tertiary/aromatic N) is 1. The molecule has 1 rings (SSSR count). The largest absolute Gasteiger partial charge is 0.495 e. The lowest BCUT2D eigenvalue weighted by Crippen LogP contribution is -2.40. The van der Waals surface area contributed by atoms with Gasteiger partial charge in [-0.1, -0.05) is 11.6 Å². The fraction of sp³-hybridized carbons (Fsp3) is 0.385. The number of halogens is 2. The third-order valence-electron chi connectivity index (χ3n) is 2.85. The Morgan fingerprint density at radius 1 is 1.48 bits per heavy atom. The van der Waals surface area contributed by atoms with E-state index in [0.717, 1.165) is 0 Å². The Balaban J connectivity index is 0.00000400. The number of methoxy groups -OCH3 is 1. The standard InChI is InChI=1S/C13H17ClN2O4.ClH/c1-8(13(18)19)16(2)7-12(17)15-9-4-5-11(20-3)10(14)6-9;/h4-6,8H,7H2,1-3H3,(H,15,17)(H,18,19);1H. The van der Waals surface area contributed by atoms with Crippen molar-refractivity contribution in [1.82, 2.24) is 4.90 Å². The zero-order valence-electron chi connectivity index (χ0n) is 11.9.